The molecule has 0 amide bonds. The number of ether oxygens (including phenoxy) is 1. The van der Waals surface area contributed by atoms with Gasteiger partial charge < -0.3 is 10.1 Å². The molecule has 1 aliphatic heterocycles. The highest BCUT2D eigenvalue weighted by molar-refractivity contribution is 5.71. The Hall–Kier alpha value is -2.82. The van der Waals surface area contributed by atoms with Gasteiger partial charge in [0.2, 0.25) is 0 Å². The summed E-state index contributed by atoms with van der Waals surface area (Å²) >= 11 is 0. The van der Waals surface area contributed by atoms with Crippen LogP contribution in [0.5, 0.6) is 5.75 Å². The molecule has 0 unspecified atom stereocenters. The Morgan fingerprint density at radius 1 is 1.27 bits per heavy atom. The third-order valence-corrected chi connectivity index (χ3v) is 5.60. The SMILES string of the molecule is CCc1ccc([C@@H]2Nc3c(OC)cc([N+](=O)[O-])cc3[C@H]3C=CC[C@H]32)cc1. The average Bonchev–Trinajstić information content (AvgIpc) is 3.16. The summed E-state index contributed by atoms with van der Waals surface area (Å²) in [5.41, 5.74) is 4.46. The van der Waals surface area contributed by atoms with Crippen molar-refractivity contribution in [3.63, 3.8) is 0 Å². The Labute approximate surface area is 152 Å². The van der Waals surface area contributed by atoms with Crippen LogP contribution in [0.1, 0.15) is 42.0 Å². The van der Waals surface area contributed by atoms with Crippen LogP contribution in [0.4, 0.5) is 11.4 Å². The van der Waals surface area contributed by atoms with E-state index < -0.39 is 0 Å². The van der Waals surface area contributed by atoms with Crippen molar-refractivity contribution in [2.24, 2.45) is 5.92 Å². The van der Waals surface area contributed by atoms with Crippen molar-refractivity contribution in [3.05, 3.63) is 75.4 Å². The van der Waals surface area contributed by atoms with Crippen LogP contribution >= 0.6 is 0 Å². The third-order valence-electron chi connectivity index (χ3n) is 5.60. The zero-order valence-corrected chi connectivity index (χ0v) is 14.9. The first kappa shape index (κ1) is 16.6. The number of nitrogens with one attached hydrogen (secondary N) is 1. The summed E-state index contributed by atoms with van der Waals surface area (Å²) in [5.74, 6) is 1.04. The van der Waals surface area contributed by atoms with Gasteiger partial charge in [-0.15, -0.1) is 0 Å². The highest BCUT2D eigenvalue weighted by atomic mass is 16.6. The molecule has 0 radical (unpaired) electrons. The van der Waals surface area contributed by atoms with Crippen LogP contribution in [0, 0.1) is 16.0 Å². The fourth-order valence-electron chi connectivity index (χ4n) is 4.21. The van der Waals surface area contributed by atoms with Gasteiger partial charge in [0, 0.05) is 12.0 Å². The van der Waals surface area contributed by atoms with E-state index in [2.05, 4.69) is 48.7 Å². The van der Waals surface area contributed by atoms with Gasteiger partial charge in [-0.05, 0) is 35.4 Å². The number of rotatable bonds is 4. The molecular weight excluding hydrogens is 328 g/mol. The molecule has 5 nitrogen and oxygen atoms in total. The van der Waals surface area contributed by atoms with Crippen molar-refractivity contribution in [1.29, 1.82) is 0 Å². The minimum absolute atomic E-state index is 0.0761. The Bertz CT molecular complexity index is 874. The molecule has 134 valence electrons. The summed E-state index contributed by atoms with van der Waals surface area (Å²) in [5, 5.41) is 14.9. The zero-order valence-electron chi connectivity index (χ0n) is 14.9. The first-order valence-corrected chi connectivity index (χ1v) is 9.00. The summed E-state index contributed by atoms with van der Waals surface area (Å²) in [7, 11) is 1.56. The van der Waals surface area contributed by atoms with Crippen molar-refractivity contribution in [1.82, 2.24) is 0 Å². The number of fused-ring (bicyclic) bond motifs is 3. The van der Waals surface area contributed by atoms with Gasteiger partial charge in [-0.1, -0.05) is 43.3 Å². The lowest BCUT2D eigenvalue weighted by atomic mass is 9.76. The molecule has 0 fully saturated rings. The number of methoxy groups -OCH3 is 1. The number of non-ortho nitro benzene ring substituents is 1. The maximum absolute atomic E-state index is 11.3. The zero-order chi connectivity index (χ0) is 18.3. The normalized spacial score (nSPS) is 23.1. The molecule has 4 rings (SSSR count). The highest BCUT2D eigenvalue weighted by Gasteiger charge is 2.40. The van der Waals surface area contributed by atoms with Crippen molar-refractivity contribution in [2.75, 3.05) is 12.4 Å². The van der Waals surface area contributed by atoms with Crippen molar-refractivity contribution >= 4 is 11.4 Å². The number of hydrogen-bond donors (Lipinski definition) is 1. The van der Waals surface area contributed by atoms with Crippen LogP contribution < -0.4 is 10.1 Å². The van der Waals surface area contributed by atoms with E-state index in [0.717, 1.165) is 24.1 Å². The van der Waals surface area contributed by atoms with Crippen LogP contribution in [0.2, 0.25) is 0 Å². The number of hydrogen-bond acceptors (Lipinski definition) is 4. The van der Waals surface area contributed by atoms with Gasteiger partial charge >= 0.3 is 0 Å². The van der Waals surface area contributed by atoms with Crippen LogP contribution in [0.3, 0.4) is 0 Å². The molecule has 0 spiro atoms. The average molecular weight is 350 g/mol. The largest absolute Gasteiger partial charge is 0.494 e. The number of nitrogens with zero attached hydrogens (tertiary/aromatic N) is 1. The summed E-state index contributed by atoms with van der Waals surface area (Å²) in [6.45, 7) is 2.15. The lowest BCUT2D eigenvalue weighted by molar-refractivity contribution is -0.385. The maximum Gasteiger partial charge on any atom is 0.273 e. The van der Waals surface area contributed by atoms with E-state index in [0.29, 0.717) is 11.7 Å². The van der Waals surface area contributed by atoms with E-state index in [4.69, 9.17) is 4.74 Å². The molecule has 0 bridgehead atoms. The van der Waals surface area contributed by atoms with E-state index in [9.17, 15) is 10.1 Å². The fourth-order valence-corrected chi connectivity index (χ4v) is 4.21. The number of nitro groups is 1. The van der Waals surface area contributed by atoms with Gasteiger partial charge in [0.1, 0.15) is 5.75 Å². The highest BCUT2D eigenvalue weighted by Crippen LogP contribution is 2.53. The molecule has 3 atom stereocenters. The smallest absolute Gasteiger partial charge is 0.273 e. The molecule has 1 heterocycles. The maximum atomic E-state index is 11.3. The second-order valence-electron chi connectivity index (χ2n) is 6.94. The fraction of sp³-hybridized carbons (Fsp3) is 0.333. The summed E-state index contributed by atoms with van der Waals surface area (Å²) in [6.07, 6.45) is 6.35. The molecule has 5 heteroatoms. The Morgan fingerprint density at radius 3 is 2.69 bits per heavy atom. The van der Waals surface area contributed by atoms with Gasteiger partial charge in [0.05, 0.1) is 29.8 Å². The quantitative estimate of drug-likeness (QED) is 0.479. The van der Waals surface area contributed by atoms with Gasteiger partial charge in [0.25, 0.3) is 5.69 Å². The van der Waals surface area contributed by atoms with E-state index in [-0.39, 0.29) is 22.6 Å². The first-order valence-electron chi connectivity index (χ1n) is 9.00. The monoisotopic (exact) mass is 350 g/mol. The lowest BCUT2D eigenvalue weighted by Crippen LogP contribution is -2.29. The molecule has 0 saturated heterocycles. The summed E-state index contributed by atoms with van der Waals surface area (Å²) < 4.78 is 5.48. The number of aryl methyl sites for hydroxylation is 1. The Kier molecular flexibility index (Phi) is 4.15. The lowest BCUT2D eigenvalue weighted by Gasteiger charge is -2.38. The standard InChI is InChI=1S/C21H22N2O3/c1-3-13-7-9-14(10-8-13)20-17-6-4-5-16(17)18-11-15(23(24)25)12-19(26-2)21(18)22-20/h4-5,7-12,16-17,20,22H,3,6H2,1-2H3/t16-,17+,20-/m0/s1. The first-order chi connectivity index (χ1) is 12.6. The van der Waals surface area contributed by atoms with Gasteiger partial charge in [0.15, 0.2) is 0 Å². The van der Waals surface area contributed by atoms with E-state index >= 15 is 0 Å². The minimum Gasteiger partial charge on any atom is -0.494 e. The molecule has 1 aliphatic carbocycles. The predicted molar refractivity (Wildman–Crippen MR) is 102 cm³/mol. The summed E-state index contributed by atoms with van der Waals surface area (Å²) in [6, 6.07) is 12.1. The minimum atomic E-state index is -0.355. The number of benzene rings is 2. The molecule has 1 N–H and O–H groups in total. The summed E-state index contributed by atoms with van der Waals surface area (Å²) in [4.78, 5) is 10.9. The van der Waals surface area contributed by atoms with Gasteiger partial charge in [-0.25, -0.2) is 0 Å². The predicted octanol–water partition coefficient (Wildman–Crippen LogP) is 4.99. The van der Waals surface area contributed by atoms with Gasteiger partial charge in [-0.3, -0.25) is 10.1 Å². The topological polar surface area (TPSA) is 64.4 Å². The Balaban J connectivity index is 1.80. The van der Waals surface area contributed by atoms with Gasteiger partial charge in [-0.2, -0.15) is 0 Å². The molecule has 2 aromatic carbocycles. The van der Waals surface area contributed by atoms with Crippen LogP contribution in [-0.4, -0.2) is 12.0 Å². The van der Waals surface area contributed by atoms with E-state index in [1.807, 2.05) is 0 Å². The number of allylic oxidation sites excluding steroid dienone is 2. The second kappa shape index (κ2) is 6.48. The Morgan fingerprint density at radius 2 is 2.04 bits per heavy atom. The molecular formula is C21H22N2O3. The third kappa shape index (κ3) is 2.64. The van der Waals surface area contributed by atoms with Crippen molar-refractivity contribution in [2.45, 2.75) is 31.7 Å². The van der Waals surface area contributed by atoms with Crippen LogP contribution in [0.15, 0.2) is 48.6 Å². The molecule has 2 aromatic rings. The van der Waals surface area contributed by atoms with E-state index in [1.165, 1.54) is 17.2 Å². The molecule has 2 aliphatic rings. The number of anilines is 1. The van der Waals surface area contributed by atoms with Crippen molar-refractivity contribution in [3.8, 4) is 5.75 Å². The number of nitro benzene ring substituents is 1. The second-order valence-corrected chi connectivity index (χ2v) is 6.94. The van der Waals surface area contributed by atoms with Crippen molar-refractivity contribution < 1.29 is 9.66 Å². The van der Waals surface area contributed by atoms with E-state index in [1.54, 1.807) is 13.2 Å². The molecule has 0 aromatic heterocycles. The van der Waals surface area contributed by atoms with Crippen LogP contribution in [0.25, 0.3) is 0 Å². The molecule has 0 saturated carbocycles. The molecule has 26 heavy (non-hydrogen) atoms. The van der Waals surface area contributed by atoms with Crippen LogP contribution in [-0.2, 0) is 6.42 Å².